The van der Waals surface area contributed by atoms with Gasteiger partial charge in [0.2, 0.25) is 15.9 Å². The normalized spacial score (nSPS) is 13.4. The van der Waals surface area contributed by atoms with Crippen LogP contribution in [0.25, 0.3) is 0 Å². The van der Waals surface area contributed by atoms with Crippen molar-refractivity contribution in [3.05, 3.63) is 23.8 Å². The van der Waals surface area contributed by atoms with Crippen molar-refractivity contribution in [3.8, 4) is 0 Å². The summed E-state index contributed by atoms with van der Waals surface area (Å²) in [7, 11) is -3.81. The minimum absolute atomic E-state index is 0.0107. The van der Waals surface area contributed by atoms with Crippen molar-refractivity contribution >= 4 is 21.6 Å². The molecule has 0 saturated heterocycles. The number of hydrogen-bond acceptors (Lipinski definition) is 4. The van der Waals surface area contributed by atoms with Crippen LogP contribution < -0.4 is 16.2 Å². The molecule has 0 radical (unpaired) electrons. The number of nitrogens with one attached hydrogen (secondary N) is 1. The average molecular weight is 285 g/mol. The predicted octanol–water partition coefficient (Wildman–Crippen LogP) is 0.564. The number of hydrogen-bond donors (Lipinski definition) is 3. The van der Waals surface area contributed by atoms with E-state index in [0.717, 1.165) is 0 Å². The van der Waals surface area contributed by atoms with Crippen LogP contribution in [0.15, 0.2) is 23.1 Å². The zero-order chi connectivity index (χ0) is 14.8. The van der Waals surface area contributed by atoms with E-state index in [1.165, 1.54) is 12.1 Å². The van der Waals surface area contributed by atoms with E-state index in [0.29, 0.717) is 11.3 Å². The molecular weight excluding hydrogens is 266 g/mol. The first-order chi connectivity index (χ1) is 8.64. The molecule has 1 rings (SSSR count). The second-order valence-corrected chi connectivity index (χ2v) is 6.26. The molecule has 0 aliphatic carbocycles. The van der Waals surface area contributed by atoms with Crippen LogP contribution in [0.5, 0.6) is 0 Å². The molecule has 6 nitrogen and oxygen atoms in total. The maximum Gasteiger partial charge on any atom is 0.241 e. The van der Waals surface area contributed by atoms with E-state index < -0.39 is 16.1 Å². The summed E-state index contributed by atoms with van der Waals surface area (Å²) in [5, 5.41) is 7.72. The van der Waals surface area contributed by atoms with Gasteiger partial charge in [0.05, 0.1) is 10.9 Å². The molecule has 5 N–H and O–H groups in total. The number of benzene rings is 1. The summed E-state index contributed by atoms with van der Waals surface area (Å²) in [6.45, 7) is 5.24. The van der Waals surface area contributed by atoms with Gasteiger partial charge in [-0.3, -0.25) is 4.79 Å². The molecule has 0 saturated carbocycles. The lowest BCUT2D eigenvalue weighted by Crippen LogP contribution is -2.39. The minimum atomic E-state index is -3.81. The first kappa shape index (κ1) is 15.6. The van der Waals surface area contributed by atoms with Crippen molar-refractivity contribution in [2.45, 2.75) is 31.7 Å². The Bertz CT molecular complexity index is 582. The zero-order valence-electron chi connectivity index (χ0n) is 11.2. The molecule has 106 valence electrons. The predicted molar refractivity (Wildman–Crippen MR) is 74.0 cm³/mol. The van der Waals surface area contributed by atoms with Crippen molar-refractivity contribution in [3.63, 3.8) is 0 Å². The quantitative estimate of drug-likeness (QED) is 0.749. The van der Waals surface area contributed by atoms with Gasteiger partial charge in [-0.2, -0.15) is 0 Å². The number of carbonyl (C=O) groups excluding carboxylic acids is 1. The van der Waals surface area contributed by atoms with Gasteiger partial charge in [-0.05, 0) is 30.5 Å². The third-order valence-corrected chi connectivity index (χ3v) is 3.92. The largest absolute Gasteiger partial charge is 0.324 e. The first-order valence-corrected chi connectivity index (χ1v) is 7.38. The maximum atomic E-state index is 11.9. The molecule has 7 heteroatoms. The van der Waals surface area contributed by atoms with Crippen molar-refractivity contribution in [1.29, 1.82) is 0 Å². The highest BCUT2D eigenvalue weighted by Gasteiger charge is 2.19. The van der Waals surface area contributed by atoms with Crippen molar-refractivity contribution in [2.24, 2.45) is 16.8 Å². The van der Waals surface area contributed by atoms with Crippen LogP contribution in [0.1, 0.15) is 19.4 Å². The summed E-state index contributed by atoms with van der Waals surface area (Å²) in [4.78, 5) is 11.8. The van der Waals surface area contributed by atoms with Gasteiger partial charge in [0, 0.05) is 5.69 Å². The van der Waals surface area contributed by atoms with Gasteiger partial charge in [0.15, 0.2) is 0 Å². The number of primary sulfonamides is 1. The van der Waals surface area contributed by atoms with E-state index in [1.807, 2.05) is 13.8 Å². The van der Waals surface area contributed by atoms with Crippen LogP contribution in [-0.4, -0.2) is 20.4 Å². The van der Waals surface area contributed by atoms with Gasteiger partial charge < -0.3 is 11.1 Å². The molecule has 0 spiro atoms. The highest BCUT2D eigenvalue weighted by atomic mass is 32.2. The molecule has 0 aliphatic heterocycles. The van der Waals surface area contributed by atoms with Crippen LogP contribution in [0, 0.1) is 12.8 Å². The van der Waals surface area contributed by atoms with Gasteiger partial charge in [-0.25, -0.2) is 13.6 Å². The van der Waals surface area contributed by atoms with E-state index in [9.17, 15) is 13.2 Å². The monoisotopic (exact) mass is 285 g/mol. The van der Waals surface area contributed by atoms with Crippen molar-refractivity contribution in [1.82, 2.24) is 0 Å². The third-order valence-electron chi connectivity index (χ3n) is 2.87. The fraction of sp³-hybridized carbons (Fsp3) is 0.417. The molecule has 0 heterocycles. The summed E-state index contributed by atoms with van der Waals surface area (Å²) in [5.41, 5.74) is 6.52. The average Bonchev–Trinajstić information content (AvgIpc) is 2.29. The second kappa shape index (κ2) is 5.68. The van der Waals surface area contributed by atoms with Crippen molar-refractivity contribution in [2.75, 3.05) is 5.32 Å². The highest BCUT2D eigenvalue weighted by Crippen LogP contribution is 2.22. The molecule has 1 amide bonds. The topological polar surface area (TPSA) is 115 Å². The van der Waals surface area contributed by atoms with Crippen LogP contribution in [0.4, 0.5) is 5.69 Å². The Morgan fingerprint density at radius 2 is 1.89 bits per heavy atom. The smallest absolute Gasteiger partial charge is 0.241 e. The maximum absolute atomic E-state index is 11.9. The number of nitrogens with two attached hydrogens (primary N) is 2. The third kappa shape index (κ3) is 3.76. The molecule has 0 fully saturated rings. The molecule has 1 unspecified atom stereocenters. The molecule has 0 aliphatic rings. The van der Waals surface area contributed by atoms with Gasteiger partial charge in [0.25, 0.3) is 0 Å². The molecule has 1 aromatic carbocycles. The van der Waals surface area contributed by atoms with Gasteiger partial charge in [0.1, 0.15) is 0 Å². The summed E-state index contributed by atoms with van der Waals surface area (Å²) in [5.74, 6) is -0.369. The Hall–Kier alpha value is -1.44. The standard InChI is InChI=1S/C12H19N3O3S/c1-7(2)11(13)12(16)15-9-5-4-6-10(8(9)3)19(14,17)18/h4-7,11H,13H2,1-3H3,(H,15,16)(H2,14,17,18). The number of amides is 1. The number of carbonyl (C=O) groups is 1. The molecule has 1 atom stereocenters. The molecule has 1 aromatic rings. The molecule has 0 aromatic heterocycles. The van der Waals surface area contributed by atoms with Crippen LogP contribution >= 0.6 is 0 Å². The van der Waals surface area contributed by atoms with E-state index in [4.69, 9.17) is 10.9 Å². The first-order valence-electron chi connectivity index (χ1n) is 5.83. The summed E-state index contributed by atoms with van der Waals surface area (Å²) >= 11 is 0. The Morgan fingerprint density at radius 3 is 2.37 bits per heavy atom. The Morgan fingerprint density at radius 1 is 1.32 bits per heavy atom. The van der Waals surface area contributed by atoms with E-state index in [1.54, 1.807) is 13.0 Å². The van der Waals surface area contributed by atoms with E-state index in [2.05, 4.69) is 5.32 Å². The van der Waals surface area contributed by atoms with Gasteiger partial charge >= 0.3 is 0 Å². The number of anilines is 1. The zero-order valence-corrected chi connectivity index (χ0v) is 12.0. The fourth-order valence-electron chi connectivity index (χ4n) is 1.58. The highest BCUT2D eigenvalue weighted by molar-refractivity contribution is 7.89. The lowest BCUT2D eigenvalue weighted by molar-refractivity contribution is -0.118. The van der Waals surface area contributed by atoms with Crippen molar-refractivity contribution < 1.29 is 13.2 Å². The summed E-state index contributed by atoms with van der Waals surface area (Å²) in [6, 6.07) is 3.86. The van der Waals surface area contributed by atoms with Crippen LogP contribution in [0.2, 0.25) is 0 Å². The number of rotatable bonds is 4. The minimum Gasteiger partial charge on any atom is -0.324 e. The Labute approximate surface area is 113 Å². The fourth-order valence-corrected chi connectivity index (χ4v) is 2.38. The van der Waals surface area contributed by atoms with E-state index >= 15 is 0 Å². The summed E-state index contributed by atoms with van der Waals surface area (Å²) in [6.07, 6.45) is 0. The lowest BCUT2D eigenvalue weighted by atomic mass is 10.0. The molecule has 0 bridgehead atoms. The Balaban J connectivity index is 3.08. The van der Waals surface area contributed by atoms with Gasteiger partial charge in [-0.15, -0.1) is 0 Å². The van der Waals surface area contributed by atoms with Crippen LogP contribution in [0.3, 0.4) is 0 Å². The molecule has 19 heavy (non-hydrogen) atoms. The molecular formula is C12H19N3O3S. The SMILES string of the molecule is Cc1c(NC(=O)C(N)C(C)C)cccc1S(N)(=O)=O. The van der Waals surface area contributed by atoms with Gasteiger partial charge in [-0.1, -0.05) is 19.9 Å². The summed E-state index contributed by atoms with van der Waals surface area (Å²) < 4.78 is 22.7. The lowest BCUT2D eigenvalue weighted by Gasteiger charge is -2.17. The second-order valence-electron chi connectivity index (χ2n) is 4.73. The van der Waals surface area contributed by atoms with Crippen LogP contribution in [-0.2, 0) is 14.8 Å². The van der Waals surface area contributed by atoms with E-state index in [-0.39, 0.29) is 16.7 Å². The Kier molecular flexibility index (Phi) is 4.67. The number of sulfonamides is 1.